The van der Waals surface area contributed by atoms with E-state index in [0.717, 1.165) is 24.1 Å². The molecule has 0 radical (unpaired) electrons. The Balaban J connectivity index is 2.19. The first kappa shape index (κ1) is 25.2. The normalized spacial score (nSPS) is 12.4. The quantitative estimate of drug-likeness (QED) is 0.576. The number of hydrogen-bond donors (Lipinski definition) is 2. The molecule has 0 saturated carbocycles. The molecule has 0 unspecified atom stereocenters. The third kappa shape index (κ3) is 7.59. The van der Waals surface area contributed by atoms with Crippen LogP contribution in [0.1, 0.15) is 50.8 Å². The summed E-state index contributed by atoms with van der Waals surface area (Å²) in [6.45, 7) is 7.69. The molecule has 0 aromatic heterocycles. The van der Waals surface area contributed by atoms with E-state index in [1.54, 1.807) is 24.3 Å². The maximum Gasteiger partial charge on any atom is 0.416 e. The second-order valence-corrected chi connectivity index (χ2v) is 8.11. The van der Waals surface area contributed by atoms with Crippen LogP contribution < -0.4 is 15.5 Å². The predicted octanol–water partition coefficient (Wildman–Crippen LogP) is 5.29. The lowest BCUT2D eigenvalue weighted by atomic mass is 10.1. The molecule has 174 valence electrons. The summed E-state index contributed by atoms with van der Waals surface area (Å²) in [7, 11) is 0. The molecule has 8 heteroatoms. The van der Waals surface area contributed by atoms with Crippen LogP contribution >= 0.6 is 0 Å². The third-order valence-corrected chi connectivity index (χ3v) is 4.91. The van der Waals surface area contributed by atoms with E-state index in [0.29, 0.717) is 11.3 Å². The van der Waals surface area contributed by atoms with Gasteiger partial charge in [0.1, 0.15) is 0 Å². The van der Waals surface area contributed by atoms with Crippen molar-refractivity contribution >= 4 is 17.6 Å². The minimum atomic E-state index is -4.41. The molecule has 2 aromatic carbocycles. The zero-order chi connectivity index (χ0) is 23.9. The maximum absolute atomic E-state index is 12.8. The van der Waals surface area contributed by atoms with Crippen LogP contribution in [0.2, 0.25) is 0 Å². The molecule has 0 saturated heterocycles. The van der Waals surface area contributed by atoms with E-state index in [9.17, 15) is 22.8 Å². The first-order chi connectivity index (χ1) is 15.0. The van der Waals surface area contributed by atoms with Crippen molar-refractivity contribution in [1.29, 1.82) is 0 Å². The molecule has 2 rings (SSSR count). The number of alkyl halides is 3. The summed E-state index contributed by atoms with van der Waals surface area (Å²) in [5.74, 6) is -0.0775. The molecule has 5 nitrogen and oxygen atoms in total. The molecular formula is C24H30F3N3O2. The van der Waals surface area contributed by atoms with Crippen molar-refractivity contribution in [3.63, 3.8) is 0 Å². The van der Waals surface area contributed by atoms with Crippen molar-refractivity contribution in [1.82, 2.24) is 10.6 Å². The molecule has 0 bridgehead atoms. The van der Waals surface area contributed by atoms with Crippen LogP contribution in [-0.4, -0.2) is 24.0 Å². The van der Waals surface area contributed by atoms with Crippen LogP contribution in [0, 0.1) is 0 Å². The van der Waals surface area contributed by atoms with Crippen molar-refractivity contribution < 1.29 is 22.8 Å². The van der Waals surface area contributed by atoms with Gasteiger partial charge in [-0.1, -0.05) is 31.2 Å². The third-order valence-electron chi connectivity index (χ3n) is 4.91. The first-order valence-corrected chi connectivity index (χ1v) is 10.6. The molecule has 0 spiro atoms. The van der Waals surface area contributed by atoms with Crippen molar-refractivity contribution in [2.75, 3.05) is 4.90 Å². The maximum atomic E-state index is 12.8. The fourth-order valence-corrected chi connectivity index (χ4v) is 2.99. The van der Waals surface area contributed by atoms with Crippen molar-refractivity contribution in [2.24, 2.45) is 0 Å². The Morgan fingerprint density at radius 2 is 1.47 bits per heavy atom. The summed E-state index contributed by atoms with van der Waals surface area (Å²) in [6.07, 6.45) is -3.35. The van der Waals surface area contributed by atoms with Gasteiger partial charge in [0.05, 0.1) is 18.5 Å². The van der Waals surface area contributed by atoms with E-state index in [-0.39, 0.29) is 37.0 Å². The number of nitrogens with zero attached hydrogens (tertiary/aromatic N) is 1. The molecule has 0 aliphatic rings. The van der Waals surface area contributed by atoms with Crippen LogP contribution in [0.4, 0.5) is 23.7 Å². The van der Waals surface area contributed by atoms with Gasteiger partial charge in [-0.3, -0.25) is 9.69 Å². The fraction of sp³-hybridized carbons (Fsp3) is 0.417. The number of urea groups is 1. The van der Waals surface area contributed by atoms with E-state index in [2.05, 4.69) is 10.6 Å². The van der Waals surface area contributed by atoms with E-state index in [1.165, 1.54) is 17.0 Å². The van der Waals surface area contributed by atoms with Gasteiger partial charge in [-0.05, 0) is 62.6 Å². The van der Waals surface area contributed by atoms with Crippen LogP contribution in [0.15, 0.2) is 48.5 Å². The molecule has 0 aliphatic heterocycles. The Morgan fingerprint density at radius 1 is 0.906 bits per heavy atom. The lowest BCUT2D eigenvalue weighted by Gasteiger charge is -2.25. The Morgan fingerprint density at radius 3 is 1.97 bits per heavy atom. The van der Waals surface area contributed by atoms with Gasteiger partial charge in [-0.15, -0.1) is 0 Å². The number of carbonyl (C=O) groups is 2. The van der Waals surface area contributed by atoms with E-state index in [1.807, 2.05) is 27.7 Å². The smallest absolute Gasteiger partial charge is 0.353 e. The van der Waals surface area contributed by atoms with Crippen LogP contribution in [-0.2, 0) is 23.9 Å². The molecule has 0 aliphatic carbocycles. The van der Waals surface area contributed by atoms with Gasteiger partial charge < -0.3 is 10.6 Å². The monoisotopic (exact) mass is 449 g/mol. The molecule has 0 fully saturated rings. The predicted molar refractivity (Wildman–Crippen MR) is 119 cm³/mol. The lowest BCUT2D eigenvalue weighted by molar-refractivity contribution is -0.137. The zero-order valence-corrected chi connectivity index (χ0v) is 18.8. The highest BCUT2D eigenvalue weighted by Crippen LogP contribution is 2.29. The van der Waals surface area contributed by atoms with Gasteiger partial charge >= 0.3 is 12.2 Å². The number of anilines is 1. The lowest BCUT2D eigenvalue weighted by Crippen LogP contribution is -2.42. The van der Waals surface area contributed by atoms with Crippen LogP contribution in [0.25, 0.3) is 0 Å². The van der Waals surface area contributed by atoms with E-state index < -0.39 is 11.7 Å². The van der Waals surface area contributed by atoms with Gasteiger partial charge in [0.15, 0.2) is 0 Å². The molecular weight excluding hydrogens is 419 g/mol. The molecule has 3 amide bonds. The van der Waals surface area contributed by atoms with Gasteiger partial charge in [-0.25, -0.2) is 4.79 Å². The Hall–Kier alpha value is -3.03. The number of halogens is 3. The highest BCUT2D eigenvalue weighted by atomic mass is 19.4. The Labute approximate surface area is 187 Å². The van der Waals surface area contributed by atoms with Crippen LogP contribution in [0.3, 0.4) is 0 Å². The van der Waals surface area contributed by atoms with E-state index >= 15 is 0 Å². The molecule has 2 aromatic rings. The number of carbonyl (C=O) groups excluding carboxylic acids is 2. The average Bonchev–Trinajstić information content (AvgIpc) is 2.71. The standard InChI is InChI=1S/C24H30F3N3O2/c1-5-17(4)29-22(31)14-18-8-12-21(13-9-18)30(23(32)28-16(2)3)15-19-6-10-20(11-7-19)24(25,26)27/h6-13,16-17H,5,14-15H2,1-4H3,(H,28,32)(H,29,31)/t17-/m1/s1. The fourth-order valence-electron chi connectivity index (χ4n) is 2.99. The van der Waals surface area contributed by atoms with Crippen molar-refractivity contribution in [2.45, 2.75) is 65.3 Å². The highest BCUT2D eigenvalue weighted by Gasteiger charge is 2.30. The molecule has 2 N–H and O–H groups in total. The number of nitrogens with one attached hydrogen (secondary N) is 2. The topological polar surface area (TPSA) is 61.4 Å². The Bertz CT molecular complexity index is 894. The summed E-state index contributed by atoms with van der Waals surface area (Å²) in [4.78, 5) is 26.3. The molecule has 32 heavy (non-hydrogen) atoms. The SMILES string of the molecule is CC[C@@H](C)NC(=O)Cc1ccc(N(Cc2ccc(C(F)(F)F)cc2)C(=O)NC(C)C)cc1. The van der Waals surface area contributed by atoms with E-state index in [4.69, 9.17) is 0 Å². The number of benzene rings is 2. The highest BCUT2D eigenvalue weighted by molar-refractivity contribution is 5.92. The summed E-state index contributed by atoms with van der Waals surface area (Å²) in [6, 6.07) is 11.4. The summed E-state index contributed by atoms with van der Waals surface area (Å²) in [5.41, 5.74) is 1.20. The van der Waals surface area contributed by atoms with Crippen molar-refractivity contribution in [3.8, 4) is 0 Å². The Kier molecular flexibility index (Phi) is 8.69. The summed E-state index contributed by atoms with van der Waals surface area (Å²) < 4.78 is 38.5. The molecule has 0 heterocycles. The van der Waals surface area contributed by atoms with Crippen LogP contribution in [0.5, 0.6) is 0 Å². The number of hydrogen-bond acceptors (Lipinski definition) is 2. The van der Waals surface area contributed by atoms with Gasteiger partial charge in [0.25, 0.3) is 0 Å². The minimum Gasteiger partial charge on any atom is -0.353 e. The first-order valence-electron chi connectivity index (χ1n) is 10.6. The second kappa shape index (κ2) is 11.0. The largest absolute Gasteiger partial charge is 0.416 e. The van der Waals surface area contributed by atoms with Gasteiger partial charge in [0.2, 0.25) is 5.91 Å². The van der Waals surface area contributed by atoms with Gasteiger partial charge in [-0.2, -0.15) is 13.2 Å². The second-order valence-electron chi connectivity index (χ2n) is 8.11. The van der Waals surface area contributed by atoms with Gasteiger partial charge in [0, 0.05) is 17.8 Å². The number of rotatable bonds is 8. The average molecular weight is 450 g/mol. The van der Waals surface area contributed by atoms with Crippen molar-refractivity contribution in [3.05, 3.63) is 65.2 Å². The number of amides is 3. The zero-order valence-electron chi connectivity index (χ0n) is 18.8. The summed E-state index contributed by atoms with van der Waals surface area (Å²) in [5, 5.41) is 5.72. The molecule has 1 atom stereocenters. The minimum absolute atomic E-state index is 0.0775. The summed E-state index contributed by atoms with van der Waals surface area (Å²) >= 11 is 0.